The van der Waals surface area contributed by atoms with E-state index in [1.165, 1.54) is 6.07 Å². The van der Waals surface area contributed by atoms with Gasteiger partial charge >= 0.3 is 0 Å². The third kappa shape index (κ3) is 3.03. The van der Waals surface area contributed by atoms with Gasteiger partial charge in [-0.15, -0.1) is 0 Å². The molecule has 0 atom stereocenters. The molecule has 17 heavy (non-hydrogen) atoms. The zero-order valence-corrected chi connectivity index (χ0v) is 10.4. The van der Waals surface area contributed by atoms with Crippen molar-refractivity contribution in [2.45, 2.75) is 5.33 Å². The Bertz CT molecular complexity index is 529. The molecule has 1 nitrogen and oxygen atoms in total. The Balaban J connectivity index is 2.25. The average molecular weight is 299 g/mol. The molecular weight excluding hydrogens is 290 g/mol. The van der Waals surface area contributed by atoms with E-state index in [1.807, 2.05) is 12.1 Å². The molecule has 0 bridgehead atoms. The van der Waals surface area contributed by atoms with E-state index in [1.54, 1.807) is 12.1 Å². The minimum atomic E-state index is -0.714. The van der Waals surface area contributed by atoms with Crippen molar-refractivity contribution < 1.29 is 13.5 Å². The van der Waals surface area contributed by atoms with Crippen molar-refractivity contribution in [1.82, 2.24) is 0 Å². The molecule has 0 aromatic heterocycles. The highest BCUT2D eigenvalue weighted by Crippen LogP contribution is 2.25. The molecule has 0 aliphatic heterocycles. The second-order valence-electron chi connectivity index (χ2n) is 3.46. The lowest BCUT2D eigenvalue weighted by atomic mass is 10.2. The lowest BCUT2D eigenvalue weighted by Crippen LogP contribution is -1.90. The van der Waals surface area contributed by atoms with Crippen LogP contribution < -0.4 is 4.74 Å². The van der Waals surface area contributed by atoms with Gasteiger partial charge in [0.2, 0.25) is 0 Å². The molecule has 4 heteroatoms. The van der Waals surface area contributed by atoms with E-state index in [0.717, 1.165) is 17.7 Å². The van der Waals surface area contributed by atoms with Crippen LogP contribution in [0.3, 0.4) is 0 Å². The Hall–Kier alpha value is -1.42. The molecule has 2 aromatic carbocycles. The van der Waals surface area contributed by atoms with Gasteiger partial charge in [0.25, 0.3) is 0 Å². The van der Waals surface area contributed by atoms with Crippen molar-refractivity contribution >= 4 is 15.9 Å². The van der Waals surface area contributed by atoms with Crippen LogP contribution in [0.1, 0.15) is 5.56 Å². The maximum absolute atomic E-state index is 13.3. The summed E-state index contributed by atoms with van der Waals surface area (Å²) in [5, 5.41) is 0.691. The van der Waals surface area contributed by atoms with E-state index < -0.39 is 11.6 Å². The zero-order chi connectivity index (χ0) is 12.3. The van der Waals surface area contributed by atoms with Gasteiger partial charge in [0, 0.05) is 11.4 Å². The molecule has 0 heterocycles. The lowest BCUT2D eigenvalue weighted by molar-refractivity contribution is 0.437. The molecule has 0 aliphatic carbocycles. The Kier molecular flexibility index (Phi) is 3.74. The molecule has 0 fully saturated rings. The normalized spacial score (nSPS) is 10.3. The van der Waals surface area contributed by atoms with Crippen molar-refractivity contribution in [2.24, 2.45) is 0 Å². The summed E-state index contributed by atoms with van der Waals surface area (Å²) in [6, 6.07) is 10.5. The summed E-state index contributed by atoms with van der Waals surface area (Å²) in [5.74, 6) is -0.802. The summed E-state index contributed by atoms with van der Waals surface area (Å²) >= 11 is 3.32. The molecule has 0 amide bonds. The van der Waals surface area contributed by atoms with E-state index in [0.29, 0.717) is 11.1 Å². The van der Waals surface area contributed by atoms with E-state index in [2.05, 4.69) is 15.9 Å². The van der Waals surface area contributed by atoms with Gasteiger partial charge in [-0.05, 0) is 29.8 Å². The maximum Gasteiger partial charge on any atom is 0.168 e. The predicted molar refractivity (Wildman–Crippen MR) is 65.5 cm³/mol. The molecule has 0 spiro atoms. The Morgan fingerprint density at radius 1 is 1.06 bits per heavy atom. The van der Waals surface area contributed by atoms with Gasteiger partial charge in [-0.25, -0.2) is 8.78 Å². The first-order valence-corrected chi connectivity index (χ1v) is 6.09. The number of rotatable bonds is 3. The van der Waals surface area contributed by atoms with Crippen LogP contribution in [0.4, 0.5) is 8.78 Å². The standard InChI is InChI=1S/C13H9BrF2O/c14-8-9-2-1-3-11(6-9)17-13-5-4-10(15)7-12(13)16/h1-7H,8H2. The highest BCUT2D eigenvalue weighted by molar-refractivity contribution is 9.08. The van der Waals surface area contributed by atoms with Crippen molar-refractivity contribution in [1.29, 1.82) is 0 Å². The monoisotopic (exact) mass is 298 g/mol. The lowest BCUT2D eigenvalue weighted by Gasteiger charge is -2.07. The highest BCUT2D eigenvalue weighted by Gasteiger charge is 2.06. The summed E-state index contributed by atoms with van der Waals surface area (Å²) in [5.41, 5.74) is 1.02. The first-order chi connectivity index (χ1) is 8.19. The number of halogens is 3. The molecule has 88 valence electrons. The van der Waals surface area contributed by atoms with Gasteiger partial charge in [0.05, 0.1) is 0 Å². The second-order valence-corrected chi connectivity index (χ2v) is 4.02. The third-order valence-electron chi connectivity index (χ3n) is 2.17. The first kappa shape index (κ1) is 12.0. The fraction of sp³-hybridized carbons (Fsp3) is 0.0769. The number of ether oxygens (including phenoxy) is 1. The van der Waals surface area contributed by atoms with E-state index in [-0.39, 0.29) is 5.75 Å². The molecule has 2 rings (SSSR count). The first-order valence-electron chi connectivity index (χ1n) is 4.97. The van der Waals surface area contributed by atoms with Crippen molar-refractivity contribution in [3.05, 3.63) is 59.7 Å². The average Bonchev–Trinajstić information content (AvgIpc) is 2.33. The molecule has 0 saturated carbocycles. The van der Waals surface area contributed by atoms with E-state index >= 15 is 0 Å². The molecule has 0 radical (unpaired) electrons. The fourth-order valence-electron chi connectivity index (χ4n) is 1.38. The van der Waals surface area contributed by atoms with Gasteiger partial charge < -0.3 is 4.74 Å². The van der Waals surface area contributed by atoms with Crippen LogP contribution in [-0.2, 0) is 5.33 Å². The minimum Gasteiger partial charge on any atom is -0.454 e. The van der Waals surface area contributed by atoms with Crippen molar-refractivity contribution in [3.63, 3.8) is 0 Å². The predicted octanol–water partition coefficient (Wildman–Crippen LogP) is 4.65. The van der Waals surface area contributed by atoms with Gasteiger partial charge in [-0.1, -0.05) is 28.1 Å². The second kappa shape index (κ2) is 5.27. The van der Waals surface area contributed by atoms with Gasteiger partial charge in [0.15, 0.2) is 11.6 Å². The Morgan fingerprint density at radius 3 is 2.59 bits per heavy atom. The van der Waals surface area contributed by atoms with Crippen LogP contribution in [0.15, 0.2) is 42.5 Å². The zero-order valence-electron chi connectivity index (χ0n) is 8.79. The van der Waals surface area contributed by atoms with Gasteiger partial charge in [-0.3, -0.25) is 0 Å². The van der Waals surface area contributed by atoms with Crippen LogP contribution >= 0.6 is 15.9 Å². The number of benzene rings is 2. The number of hydrogen-bond acceptors (Lipinski definition) is 1. The van der Waals surface area contributed by atoms with Crippen LogP contribution in [0.5, 0.6) is 11.5 Å². The summed E-state index contributed by atoms with van der Waals surface area (Å²) < 4.78 is 31.4. The number of hydrogen-bond donors (Lipinski definition) is 0. The molecule has 0 saturated heterocycles. The summed E-state index contributed by atoms with van der Waals surface area (Å²) in [6.45, 7) is 0. The fourth-order valence-corrected chi connectivity index (χ4v) is 1.73. The van der Waals surface area contributed by atoms with E-state index in [9.17, 15) is 8.78 Å². The molecular formula is C13H9BrF2O. The van der Waals surface area contributed by atoms with Crippen LogP contribution in [0.25, 0.3) is 0 Å². The smallest absolute Gasteiger partial charge is 0.168 e. The van der Waals surface area contributed by atoms with Crippen molar-refractivity contribution in [2.75, 3.05) is 0 Å². The molecule has 0 aliphatic rings. The van der Waals surface area contributed by atoms with Gasteiger partial charge in [-0.2, -0.15) is 0 Å². The van der Waals surface area contributed by atoms with Crippen LogP contribution in [-0.4, -0.2) is 0 Å². The quantitative estimate of drug-likeness (QED) is 0.749. The van der Waals surface area contributed by atoms with Crippen LogP contribution in [0.2, 0.25) is 0 Å². The maximum atomic E-state index is 13.3. The SMILES string of the molecule is Fc1ccc(Oc2cccc(CBr)c2)c(F)c1. The molecule has 2 aromatic rings. The Morgan fingerprint density at radius 2 is 1.88 bits per heavy atom. The highest BCUT2D eigenvalue weighted by atomic mass is 79.9. The topological polar surface area (TPSA) is 9.23 Å². The van der Waals surface area contributed by atoms with Crippen molar-refractivity contribution in [3.8, 4) is 11.5 Å². The summed E-state index contributed by atoms with van der Waals surface area (Å²) in [4.78, 5) is 0. The largest absolute Gasteiger partial charge is 0.454 e. The summed E-state index contributed by atoms with van der Waals surface area (Å²) in [7, 11) is 0. The molecule has 0 N–H and O–H groups in total. The third-order valence-corrected chi connectivity index (χ3v) is 2.82. The summed E-state index contributed by atoms with van der Waals surface area (Å²) in [6.07, 6.45) is 0. The number of alkyl halides is 1. The molecule has 0 unspecified atom stereocenters. The van der Waals surface area contributed by atoms with Crippen LogP contribution in [0, 0.1) is 11.6 Å². The van der Waals surface area contributed by atoms with E-state index in [4.69, 9.17) is 4.74 Å². The minimum absolute atomic E-state index is 0.0122. The Labute approximate surface area is 106 Å². The van der Waals surface area contributed by atoms with Gasteiger partial charge in [0.1, 0.15) is 11.6 Å².